The van der Waals surface area contributed by atoms with Crippen molar-refractivity contribution in [2.45, 2.75) is 45.6 Å². The van der Waals surface area contributed by atoms with Gasteiger partial charge in [-0.25, -0.2) is 0 Å². The molecule has 1 nitrogen and oxygen atoms in total. The standard InChI is InChI=1S/C17H25N/c1-4-18-17(13-8-6-5-7-9-13)15-11-10-14(12-15)16(17,2)3/h5-9,14-15,18H,4,10-12H2,1-3H3/t14-,15+,17?/m1/s1. The van der Waals surface area contributed by atoms with E-state index in [1.165, 1.54) is 24.8 Å². The van der Waals surface area contributed by atoms with Crippen molar-refractivity contribution in [1.82, 2.24) is 5.32 Å². The van der Waals surface area contributed by atoms with Crippen molar-refractivity contribution in [3.63, 3.8) is 0 Å². The van der Waals surface area contributed by atoms with Crippen molar-refractivity contribution in [1.29, 1.82) is 0 Å². The van der Waals surface area contributed by atoms with E-state index in [9.17, 15) is 0 Å². The van der Waals surface area contributed by atoms with E-state index in [-0.39, 0.29) is 5.54 Å². The summed E-state index contributed by atoms with van der Waals surface area (Å²) < 4.78 is 0. The largest absolute Gasteiger partial charge is 0.307 e. The van der Waals surface area contributed by atoms with E-state index in [0.717, 1.165) is 18.4 Å². The number of hydrogen-bond donors (Lipinski definition) is 1. The van der Waals surface area contributed by atoms with Gasteiger partial charge in [0.1, 0.15) is 0 Å². The minimum atomic E-state index is 0.200. The van der Waals surface area contributed by atoms with Gasteiger partial charge in [-0.1, -0.05) is 51.1 Å². The van der Waals surface area contributed by atoms with E-state index < -0.39 is 0 Å². The molecule has 98 valence electrons. The fourth-order valence-corrected chi connectivity index (χ4v) is 4.94. The van der Waals surface area contributed by atoms with Gasteiger partial charge in [0.15, 0.2) is 0 Å². The Morgan fingerprint density at radius 2 is 1.78 bits per heavy atom. The monoisotopic (exact) mass is 243 g/mol. The smallest absolute Gasteiger partial charge is 0.0517 e. The zero-order chi connectivity index (χ0) is 12.8. The molecule has 18 heavy (non-hydrogen) atoms. The summed E-state index contributed by atoms with van der Waals surface area (Å²) in [7, 11) is 0. The van der Waals surface area contributed by atoms with Gasteiger partial charge in [0, 0.05) is 0 Å². The average molecular weight is 243 g/mol. The molecular formula is C17H25N. The van der Waals surface area contributed by atoms with E-state index in [1.807, 2.05) is 0 Å². The molecule has 2 saturated carbocycles. The number of fused-ring (bicyclic) bond motifs is 2. The molecule has 0 spiro atoms. The van der Waals surface area contributed by atoms with Crippen molar-refractivity contribution < 1.29 is 0 Å². The highest BCUT2D eigenvalue weighted by Crippen LogP contribution is 2.65. The van der Waals surface area contributed by atoms with Crippen LogP contribution in [0.4, 0.5) is 0 Å². The summed E-state index contributed by atoms with van der Waals surface area (Å²) in [5.74, 6) is 1.71. The number of benzene rings is 1. The van der Waals surface area contributed by atoms with E-state index in [2.05, 4.69) is 56.4 Å². The quantitative estimate of drug-likeness (QED) is 0.847. The lowest BCUT2D eigenvalue weighted by Gasteiger charge is -2.51. The molecule has 1 heteroatoms. The molecule has 0 aromatic heterocycles. The highest BCUT2D eigenvalue weighted by atomic mass is 15.0. The Bertz CT molecular complexity index is 422. The van der Waals surface area contributed by atoms with E-state index in [1.54, 1.807) is 0 Å². The molecule has 2 aliphatic carbocycles. The first-order chi connectivity index (χ1) is 8.63. The van der Waals surface area contributed by atoms with Gasteiger partial charge < -0.3 is 5.32 Å². The van der Waals surface area contributed by atoms with Crippen molar-refractivity contribution in [3.05, 3.63) is 35.9 Å². The molecule has 0 radical (unpaired) electrons. The van der Waals surface area contributed by atoms with Gasteiger partial charge in [-0.2, -0.15) is 0 Å². The Morgan fingerprint density at radius 3 is 2.33 bits per heavy atom. The van der Waals surface area contributed by atoms with Gasteiger partial charge in [-0.05, 0) is 48.6 Å². The minimum absolute atomic E-state index is 0.200. The van der Waals surface area contributed by atoms with Crippen LogP contribution < -0.4 is 5.32 Å². The average Bonchev–Trinajstić information content (AvgIpc) is 2.92. The SMILES string of the molecule is CCNC1(c2ccccc2)[C@H]2CC[C@H](C2)C1(C)C. The zero-order valence-electron chi connectivity index (χ0n) is 11.9. The second-order valence-corrected chi connectivity index (χ2v) is 6.63. The first kappa shape index (κ1) is 12.2. The fraction of sp³-hybridized carbons (Fsp3) is 0.647. The van der Waals surface area contributed by atoms with Crippen LogP contribution in [-0.4, -0.2) is 6.54 Å². The van der Waals surface area contributed by atoms with Gasteiger partial charge in [0.25, 0.3) is 0 Å². The fourth-order valence-electron chi connectivity index (χ4n) is 4.94. The van der Waals surface area contributed by atoms with Crippen LogP contribution in [0.1, 0.15) is 45.6 Å². The second kappa shape index (κ2) is 4.09. The molecule has 2 fully saturated rings. The van der Waals surface area contributed by atoms with Crippen LogP contribution in [-0.2, 0) is 5.54 Å². The van der Waals surface area contributed by atoms with Crippen LogP contribution in [0, 0.1) is 17.3 Å². The first-order valence-electron chi connectivity index (χ1n) is 7.43. The summed E-state index contributed by atoms with van der Waals surface area (Å²) in [6.45, 7) is 8.26. The molecule has 2 aliphatic rings. The molecule has 3 atom stereocenters. The van der Waals surface area contributed by atoms with Gasteiger partial charge in [-0.3, -0.25) is 0 Å². The highest BCUT2D eigenvalue weighted by Gasteiger charge is 2.62. The predicted molar refractivity (Wildman–Crippen MR) is 76.4 cm³/mol. The molecule has 0 heterocycles. The van der Waals surface area contributed by atoms with Gasteiger partial charge in [0.2, 0.25) is 0 Å². The van der Waals surface area contributed by atoms with Crippen LogP contribution >= 0.6 is 0 Å². The Balaban J connectivity index is 2.12. The third-order valence-corrected chi connectivity index (χ3v) is 5.77. The topological polar surface area (TPSA) is 12.0 Å². The van der Waals surface area contributed by atoms with Gasteiger partial charge >= 0.3 is 0 Å². The third-order valence-electron chi connectivity index (χ3n) is 5.77. The lowest BCUT2D eigenvalue weighted by Crippen LogP contribution is -2.56. The van der Waals surface area contributed by atoms with E-state index in [0.29, 0.717) is 5.41 Å². The Hall–Kier alpha value is -0.820. The Labute approximate surface area is 111 Å². The lowest BCUT2D eigenvalue weighted by molar-refractivity contribution is 0.0489. The normalized spacial score (nSPS) is 37.1. The molecule has 2 bridgehead atoms. The summed E-state index contributed by atoms with van der Waals surface area (Å²) in [6, 6.07) is 11.2. The summed E-state index contributed by atoms with van der Waals surface area (Å²) in [6.07, 6.45) is 4.24. The molecule has 0 aliphatic heterocycles. The number of nitrogens with one attached hydrogen (secondary N) is 1. The molecule has 1 aromatic carbocycles. The molecule has 0 amide bonds. The molecule has 1 N–H and O–H groups in total. The van der Waals surface area contributed by atoms with Crippen molar-refractivity contribution in [2.75, 3.05) is 6.54 Å². The minimum Gasteiger partial charge on any atom is -0.307 e. The van der Waals surface area contributed by atoms with E-state index in [4.69, 9.17) is 0 Å². The van der Waals surface area contributed by atoms with Crippen molar-refractivity contribution in [2.24, 2.45) is 17.3 Å². The Kier molecular flexibility index (Phi) is 2.78. The van der Waals surface area contributed by atoms with Gasteiger partial charge in [-0.15, -0.1) is 0 Å². The first-order valence-corrected chi connectivity index (χ1v) is 7.43. The molecule has 0 saturated heterocycles. The molecular weight excluding hydrogens is 218 g/mol. The van der Waals surface area contributed by atoms with Crippen LogP contribution in [0.5, 0.6) is 0 Å². The maximum atomic E-state index is 3.90. The predicted octanol–water partition coefficient (Wildman–Crippen LogP) is 3.95. The van der Waals surface area contributed by atoms with Gasteiger partial charge in [0.05, 0.1) is 5.54 Å². The summed E-state index contributed by atoms with van der Waals surface area (Å²) in [4.78, 5) is 0. The highest BCUT2D eigenvalue weighted by molar-refractivity contribution is 5.33. The van der Waals surface area contributed by atoms with Crippen LogP contribution in [0.25, 0.3) is 0 Å². The summed E-state index contributed by atoms with van der Waals surface area (Å²) in [5.41, 5.74) is 2.07. The van der Waals surface area contributed by atoms with Crippen LogP contribution in [0.2, 0.25) is 0 Å². The van der Waals surface area contributed by atoms with Crippen molar-refractivity contribution in [3.8, 4) is 0 Å². The molecule has 1 aromatic rings. The Morgan fingerprint density at radius 1 is 1.11 bits per heavy atom. The molecule has 3 rings (SSSR count). The summed E-state index contributed by atoms with van der Waals surface area (Å²) in [5, 5.41) is 3.90. The lowest BCUT2D eigenvalue weighted by atomic mass is 9.60. The maximum Gasteiger partial charge on any atom is 0.0517 e. The van der Waals surface area contributed by atoms with Crippen molar-refractivity contribution >= 4 is 0 Å². The van der Waals surface area contributed by atoms with E-state index >= 15 is 0 Å². The van der Waals surface area contributed by atoms with Crippen LogP contribution in [0.15, 0.2) is 30.3 Å². The third kappa shape index (κ3) is 1.37. The number of hydrogen-bond acceptors (Lipinski definition) is 1. The number of rotatable bonds is 3. The second-order valence-electron chi connectivity index (χ2n) is 6.63. The molecule has 1 unspecified atom stereocenters. The zero-order valence-corrected chi connectivity index (χ0v) is 11.9. The maximum absolute atomic E-state index is 3.90. The van der Waals surface area contributed by atoms with Crippen LogP contribution in [0.3, 0.4) is 0 Å². The summed E-state index contributed by atoms with van der Waals surface area (Å²) >= 11 is 0.